The van der Waals surface area contributed by atoms with E-state index in [0.29, 0.717) is 0 Å². The van der Waals surface area contributed by atoms with Crippen molar-refractivity contribution >= 4 is 0 Å². The van der Waals surface area contributed by atoms with Gasteiger partial charge in [0.15, 0.2) is 0 Å². The fourth-order valence-corrected chi connectivity index (χ4v) is 0.415. The lowest BCUT2D eigenvalue weighted by atomic mass is 10.6. The van der Waals surface area contributed by atoms with Gasteiger partial charge in [0, 0.05) is 13.2 Å². The maximum atomic E-state index is 7.98. The Bertz CT molecular complexity index is 106. The number of ether oxygens (including phenoxy) is 1. The molecule has 0 atom stereocenters. The Labute approximate surface area is 94.1 Å². The number of allylic oxidation sites excluding steroid dienone is 2. The van der Waals surface area contributed by atoms with E-state index >= 15 is 0 Å². The predicted molar refractivity (Wildman–Crippen MR) is 66.0 cm³/mol. The van der Waals surface area contributed by atoms with Crippen molar-refractivity contribution in [2.75, 3.05) is 26.4 Å². The Kier molecular flexibility index (Phi) is 38.7. The summed E-state index contributed by atoms with van der Waals surface area (Å²) < 4.78 is 4.83. The van der Waals surface area contributed by atoms with Crippen LogP contribution in [0.2, 0.25) is 0 Å². The van der Waals surface area contributed by atoms with Crippen LogP contribution in [0.5, 0.6) is 0 Å². The molecule has 0 unspecified atom stereocenters. The lowest BCUT2D eigenvalue weighted by molar-refractivity contribution is 0.162. The van der Waals surface area contributed by atoms with Crippen LogP contribution in [0.15, 0.2) is 24.3 Å². The molecule has 0 saturated carbocycles. The van der Waals surface area contributed by atoms with Crippen LogP contribution in [-0.4, -0.2) is 36.6 Å². The molecule has 0 aliphatic heterocycles. The van der Waals surface area contributed by atoms with Crippen LogP contribution in [-0.2, 0) is 4.74 Å². The molecule has 0 aromatic heterocycles. The first-order chi connectivity index (χ1) is 7.24. The fraction of sp³-hybridized carbons (Fsp3) is 0.667. The topological polar surface area (TPSA) is 49.7 Å². The van der Waals surface area contributed by atoms with Gasteiger partial charge in [-0.3, -0.25) is 0 Å². The number of aliphatic hydroxyl groups excluding tert-OH is 2. The normalized spacial score (nSPS) is 9.47. The lowest BCUT2D eigenvalue weighted by Gasteiger charge is -1.86. The molecule has 0 saturated heterocycles. The van der Waals surface area contributed by atoms with Crippen molar-refractivity contribution in [1.29, 1.82) is 0 Å². The Morgan fingerprint density at radius 1 is 0.867 bits per heavy atom. The van der Waals surface area contributed by atoms with E-state index in [4.69, 9.17) is 14.9 Å². The molecule has 0 amide bonds. The number of aliphatic hydroxyl groups is 2. The minimum absolute atomic E-state index is 0.163. The summed E-state index contributed by atoms with van der Waals surface area (Å²) in [5.74, 6) is 0. The van der Waals surface area contributed by atoms with Crippen molar-refractivity contribution in [1.82, 2.24) is 0 Å². The third-order valence-electron chi connectivity index (χ3n) is 1.09. The van der Waals surface area contributed by atoms with Crippen LogP contribution in [0.3, 0.4) is 0 Å². The highest BCUT2D eigenvalue weighted by molar-refractivity contribution is 4.74. The molecule has 3 heteroatoms. The molecule has 0 rings (SSSR count). The molecule has 15 heavy (non-hydrogen) atoms. The van der Waals surface area contributed by atoms with Gasteiger partial charge in [-0.1, -0.05) is 24.3 Å². The number of hydrogen-bond acceptors (Lipinski definition) is 3. The van der Waals surface area contributed by atoms with Gasteiger partial charge in [-0.15, -0.1) is 0 Å². The molecule has 0 aromatic carbocycles. The van der Waals surface area contributed by atoms with E-state index in [2.05, 4.69) is 0 Å². The number of hydrogen-bond donors (Lipinski definition) is 2. The van der Waals surface area contributed by atoms with Crippen molar-refractivity contribution in [3.05, 3.63) is 24.3 Å². The maximum Gasteiger partial charge on any atom is 0.0612 e. The van der Waals surface area contributed by atoms with E-state index in [1.807, 2.05) is 27.7 Å². The molecule has 0 aliphatic rings. The average molecular weight is 218 g/mol. The second kappa shape index (κ2) is 29.2. The lowest BCUT2D eigenvalue weighted by Crippen LogP contribution is -1.84. The molecule has 0 bridgehead atoms. The van der Waals surface area contributed by atoms with Crippen molar-refractivity contribution < 1.29 is 14.9 Å². The van der Waals surface area contributed by atoms with Crippen molar-refractivity contribution in [3.8, 4) is 0 Å². The highest BCUT2D eigenvalue weighted by atomic mass is 16.5. The van der Waals surface area contributed by atoms with Gasteiger partial charge in [0.1, 0.15) is 0 Å². The third-order valence-corrected chi connectivity index (χ3v) is 1.09. The van der Waals surface area contributed by atoms with Gasteiger partial charge in [0.2, 0.25) is 0 Å². The molecule has 2 N–H and O–H groups in total. The molecule has 3 nitrogen and oxygen atoms in total. The van der Waals surface area contributed by atoms with Crippen molar-refractivity contribution in [2.45, 2.75) is 27.7 Å². The predicted octanol–water partition coefficient (Wildman–Crippen LogP) is 2.15. The zero-order valence-corrected chi connectivity index (χ0v) is 10.4. The van der Waals surface area contributed by atoms with Gasteiger partial charge in [-0.05, 0) is 27.7 Å². The summed E-state index contributed by atoms with van der Waals surface area (Å²) >= 11 is 0. The molecular formula is C12H26O3. The van der Waals surface area contributed by atoms with Crippen LogP contribution in [0.4, 0.5) is 0 Å². The Balaban J connectivity index is -0.000000144. The minimum atomic E-state index is 0.163. The van der Waals surface area contributed by atoms with E-state index in [9.17, 15) is 0 Å². The zero-order chi connectivity index (χ0) is 12.4. The van der Waals surface area contributed by atoms with Gasteiger partial charge in [0.05, 0.1) is 13.2 Å². The van der Waals surface area contributed by atoms with Crippen LogP contribution in [0, 0.1) is 0 Å². The van der Waals surface area contributed by atoms with Crippen LogP contribution >= 0.6 is 0 Å². The molecule has 92 valence electrons. The fourth-order valence-electron chi connectivity index (χ4n) is 0.415. The van der Waals surface area contributed by atoms with Crippen molar-refractivity contribution in [3.63, 3.8) is 0 Å². The highest BCUT2D eigenvalue weighted by Crippen LogP contribution is 1.64. The van der Waals surface area contributed by atoms with Gasteiger partial charge < -0.3 is 14.9 Å². The molecule has 0 fully saturated rings. The van der Waals surface area contributed by atoms with Gasteiger partial charge in [0.25, 0.3) is 0 Å². The maximum absolute atomic E-state index is 7.98. The Hall–Kier alpha value is -0.640. The molecule has 0 spiro atoms. The quantitative estimate of drug-likeness (QED) is 0.711. The molecule has 0 aromatic rings. The summed E-state index contributed by atoms with van der Waals surface area (Å²) in [7, 11) is 0. The van der Waals surface area contributed by atoms with Crippen LogP contribution in [0.1, 0.15) is 27.7 Å². The van der Waals surface area contributed by atoms with Crippen LogP contribution in [0.25, 0.3) is 0 Å². The minimum Gasteiger partial charge on any atom is -0.392 e. The molecular weight excluding hydrogens is 192 g/mol. The number of rotatable bonds is 4. The Morgan fingerprint density at radius 2 is 1.20 bits per heavy atom. The second-order valence-corrected chi connectivity index (χ2v) is 2.28. The monoisotopic (exact) mass is 218 g/mol. The second-order valence-electron chi connectivity index (χ2n) is 2.28. The molecule has 0 heterocycles. The molecule has 0 radical (unpaired) electrons. The SMILES string of the molecule is C/C=C/CO.C/C=C/CO.CCOCC. The summed E-state index contributed by atoms with van der Waals surface area (Å²) in [5.41, 5.74) is 0. The summed E-state index contributed by atoms with van der Waals surface area (Å²) in [6.45, 7) is 9.74. The van der Waals surface area contributed by atoms with Gasteiger partial charge in [-0.2, -0.15) is 0 Å². The van der Waals surface area contributed by atoms with Gasteiger partial charge >= 0.3 is 0 Å². The van der Waals surface area contributed by atoms with E-state index in [1.54, 1.807) is 24.3 Å². The van der Waals surface area contributed by atoms with E-state index in [1.165, 1.54) is 0 Å². The van der Waals surface area contributed by atoms with Crippen molar-refractivity contribution in [2.24, 2.45) is 0 Å². The average Bonchev–Trinajstić information content (AvgIpc) is 2.23. The highest BCUT2D eigenvalue weighted by Gasteiger charge is 1.64. The summed E-state index contributed by atoms with van der Waals surface area (Å²) in [6, 6.07) is 0. The summed E-state index contributed by atoms with van der Waals surface area (Å²) in [5, 5.41) is 16.0. The van der Waals surface area contributed by atoms with E-state index in [-0.39, 0.29) is 13.2 Å². The standard InChI is InChI=1S/C4H10O.2C4H8O/c1-3-5-4-2;2*1-2-3-4-5/h3-4H2,1-2H3;2*2-3,5H,4H2,1H3/b;2*3-2+. The first-order valence-corrected chi connectivity index (χ1v) is 5.26. The summed E-state index contributed by atoms with van der Waals surface area (Å²) in [6.07, 6.45) is 6.97. The molecule has 0 aliphatic carbocycles. The zero-order valence-electron chi connectivity index (χ0n) is 10.4. The van der Waals surface area contributed by atoms with E-state index < -0.39 is 0 Å². The van der Waals surface area contributed by atoms with E-state index in [0.717, 1.165) is 13.2 Å². The smallest absolute Gasteiger partial charge is 0.0612 e. The third kappa shape index (κ3) is 60.0. The Morgan fingerprint density at radius 3 is 1.20 bits per heavy atom. The first-order valence-electron chi connectivity index (χ1n) is 5.26. The summed E-state index contributed by atoms with van der Waals surface area (Å²) in [4.78, 5) is 0. The first kappa shape index (κ1) is 19.9. The van der Waals surface area contributed by atoms with Gasteiger partial charge in [-0.25, -0.2) is 0 Å². The largest absolute Gasteiger partial charge is 0.392 e. The van der Waals surface area contributed by atoms with Crippen LogP contribution < -0.4 is 0 Å².